The van der Waals surface area contributed by atoms with Gasteiger partial charge in [0.05, 0.1) is 30.7 Å². The van der Waals surface area contributed by atoms with Crippen LogP contribution in [0.4, 0.5) is 0 Å². The summed E-state index contributed by atoms with van der Waals surface area (Å²) in [5, 5.41) is 5.41. The predicted molar refractivity (Wildman–Crippen MR) is 252 cm³/mol. The van der Waals surface area contributed by atoms with Crippen LogP contribution in [0.5, 0.6) is 0 Å². The molecule has 0 aliphatic carbocycles. The van der Waals surface area contributed by atoms with Crippen molar-refractivity contribution in [3.8, 4) is 22.4 Å². The number of likely N-dealkylation sites (N-methyl/N-ethyl adjacent to an activating group) is 1. The fraction of sp³-hybridized carbons (Fsp3) is 0.490. The van der Waals surface area contributed by atoms with Crippen LogP contribution in [-0.4, -0.2) is 114 Å². The Morgan fingerprint density at radius 3 is 2.34 bits per heavy atom. The van der Waals surface area contributed by atoms with Crippen LogP contribution in [0.3, 0.4) is 0 Å². The van der Waals surface area contributed by atoms with Gasteiger partial charge in [-0.05, 0) is 104 Å². The van der Waals surface area contributed by atoms with E-state index in [9.17, 15) is 24.0 Å². The molecule has 4 amide bonds. The Morgan fingerprint density at radius 1 is 0.985 bits per heavy atom. The molecular weight excluding hydrogens is 825 g/mol. The van der Waals surface area contributed by atoms with Crippen LogP contribution in [0.1, 0.15) is 90.2 Å². The number of aromatic nitrogens is 2. The molecule has 0 saturated carbocycles. The van der Waals surface area contributed by atoms with Gasteiger partial charge in [-0.25, -0.2) is 5.06 Å². The number of fused-ring (bicyclic) bond motifs is 1. The zero-order chi connectivity index (χ0) is 47.3. The highest BCUT2D eigenvalue weighted by atomic mass is 16.7. The van der Waals surface area contributed by atoms with Crippen LogP contribution < -0.4 is 5.32 Å². The number of carbonyl (C=O) groups is 5. The van der Waals surface area contributed by atoms with E-state index in [1.165, 1.54) is 16.0 Å². The van der Waals surface area contributed by atoms with Gasteiger partial charge in [-0.3, -0.25) is 33.8 Å². The molecule has 3 atom stereocenters. The summed E-state index contributed by atoms with van der Waals surface area (Å²) in [6, 6.07) is 16.9. The van der Waals surface area contributed by atoms with Crippen molar-refractivity contribution < 1.29 is 38.3 Å². The van der Waals surface area contributed by atoms with Crippen molar-refractivity contribution >= 4 is 41.5 Å². The largest absolute Gasteiger partial charge is 0.467 e. The van der Waals surface area contributed by atoms with Gasteiger partial charge in [0, 0.05) is 74.8 Å². The number of ether oxygens (including phenoxy) is 2. The molecule has 2 aliphatic heterocycles. The first-order chi connectivity index (χ1) is 31.2. The van der Waals surface area contributed by atoms with E-state index in [1.54, 1.807) is 20.4 Å². The van der Waals surface area contributed by atoms with Crippen molar-refractivity contribution in [1.82, 2.24) is 29.7 Å². The van der Waals surface area contributed by atoms with E-state index >= 15 is 0 Å². The third kappa shape index (κ3) is 12.5. The smallest absolute Gasteiger partial charge is 0.293 e. The first kappa shape index (κ1) is 50.1. The molecule has 6 rings (SSSR count). The Hall–Kier alpha value is -5.86. The predicted octanol–water partition coefficient (Wildman–Crippen LogP) is 7.33. The first-order valence-electron chi connectivity index (χ1n) is 22.8. The molecule has 2 aliphatic rings. The number of benzene rings is 2. The van der Waals surface area contributed by atoms with Crippen molar-refractivity contribution in [2.24, 2.45) is 11.3 Å². The summed E-state index contributed by atoms with van der Waals surface area (Å²) in [4.78, 5) is 75.0. The van der Waals surface area contributed by atoms with Crippen molar-refractivity contribution in [3.05, 3.63) is 90.3 Å². The molecule has 4 heterocycles. The average molecular weight is 893 g/mol. The van der Waals surface area contributed by atoms with Gasteiger partial charge >= 0.3 is 0 Å². The Labute approximate surface area is 384 Å². The van der Waals surface area contributed by atoms with Crippen LogP contribution in [0, 0.1) is 11.3 Å². The second-order valence-corrected chi connectivity index (χ2v) is 18.0. The van der Waals surface area contributed by atoms with Crippen LogP contribution >= 0.6 is 0 Å². The number of hydroxylamine groups is 2. The van der Waals surface area contributed by atoms with Crippen LogP contribution in [0.25, 0.3) is 33.3 Å². The highest BCUT2D eigenvalue weighted by molar-refractivity contribution is 5.95. The number of hydrogen-bond acceptors (Lipinski definition) is 9. The molecule has 1 N–H and O–H groups in total. The Kier molecular flexibility index (Phi) is 18.0. The molecule has 2 aromatic carbocycles. The molecule has 2 aromatic heterocycles. The topological polar surface area (TPSA) is 153 Å². The average Bonchev–Trinajstić information content (AvgIpc) is 3.97. The van der Waals surface area contributed by atoms with E-state index in [4.69, 9.17) is 19.3 Å². The molecule has 65 heavy (non-hydrogen) atoms. The molecular formula is C51H68N6O8. The summed E-state index contributed by atoms with van der Waals surface area (Å²) in [5.41, 5.74) is 7.48. The third-order valence-corrected chi connectivity index (χ3v) is 12.2. The summed E-state index contributed by atoms with van der Waals surface area (Å²) in [5.74, 6) is -0.812. The van der Waals surface area contributed by atoms with Gasteiger partial charge in [0.2, 0.25) is 18.2 Å². The number of carbonyl (C=O) groups excluding carboxylic acids is 5. The molecule has 14 heteroatoms. The second-order valence-electron chi connectivity index (χ2n) is 18.0. The lowest BCUT2D eigenvalue weighted by atomic mass is 9.84. The maximum Gasteiger partial charge on any atom is 0.293 e. The van der Waals surface area contributed by atoms with Gasteiger partial charge in [0.15, 0.2) is 0 Å². The number of rotatable bonds is 19. The highest BCUT2D eigenvalue weighted by Gasteiger charge is 2.34. The summed E-state index contributed by atoms with van der Waals surface area (Å²) >= 11 is 0. The standard InChI is InChI=1S/C44H57N5O7.C7H11NO/c1-9-48-38-18-17-33(24-35(38)36(25-44(5,6)26-55-28-51)41(48)34-16-13-19-45-39(34)30(4)54-8)32-15-12-14-31(22-32)23-37(43(53)49-20-10-11-21-56-49)46-42(52)40(29(2)3)47(7)27-50;1-2-7(9)8-5-3-4-6-8/h12-19,22,24,27-30,37,40H,9-11,20-21,23,25-26H2,1-8H3,(H,46,52);2H,1,3-6H2. The van der Waals surface area contributed by atoms with E-state index in [1.807, 2.05) is 49.9 Å². The maximum atomic E-state index is 13.9. The van der Waals surface area contributed by atoms with Gasteiger partial charge in [-0.2, -0.15) is 0 Å². The maximum absolute atomic E-state index is 13.9. The minimum absolute atomic E-state index is 0.0764. The van der Waals surface area contributed by atoms with E-state index in [0.717, 1.165) is 88.9 Å². The molecule has 350 valence electrons. The van der Waals surface area contributed by atoms with Gasteiger partial charge in [-0.1, -0.05) is 64.6 Å². The molecule has 3 unspecified atom stereocenters. The lowest BCUT2D eigenvalue weighted by molar-refractivity contribution is -0.199. The molecule has 4 aromatic rings. The minimum Gasteiger partial charge on any atom is -0.467 e. The monoisotopic (exact) mass is 893 g/mol. The van der Waals surface area contributed by atoms with Gasteiger partial charge in [-0.15, -0.1) is 0 Å². The van der Waals surface area contributed by atoms with Crippen LogP contribution in [-0.2, 0) is 57.7 Å². The number of pyridine rings is 1. The second kappa shape index (κ2) is 23.4. The molecule has 2 saturated heterocycles. The molecule has 0 spiro atoms. The van der Waals surface area contributed by atoms with Crippen molar-refractivity contribution in [2.75, 3.05) is 47.0 Å². The zero-order valence-electron chi connectivity index (χ0n) is 39.5. The number of nitrogens with zero attached hydrogens (tertiary/aromatic N) is 5. The number of amides is 4. The highest BCUT2D eigenvalue weighted by Crippen LogP contribution is 2.42. The molecule has 2 fully saturated rings. The van der Waals surface area contributed by atoms with Crippen molar-refractivity contribution in [2.45, 2.75) is 105 Å². The van der Waals surface area contributed by atoms with Gasteiger partial charge < -0.3 is 29.2 Å². The Bertz CT molecular complexity index is 2280. The Balaban J connectivity index is 0.000000785. The number of methoxy groups -OCH3 is 1. The van der Waals surface area contributed by atoms with Gasteiger partial charge in [0.25, 0.3) is 12.4 Å². The SMILES string of the molecule is C=CC(=O)N1CCCC1.CCn1c(-c2cccnc2C(C)OC)c(CC(C)(C)COC=O)c2cc(-c3cccc(CC(NC(=O)C(C(C)C)N(C)C=O)C(=O)N4CCCCO4)c3)ccc21. The summed E-state index contributed by atoms with van der Waals surface area (Å²) in [6.45, 7) is 19.7. The number of nitrogens with one attached hydrogen (secondary N) is 1. The Morgan fingerprint density at radius 2 is 1.71 bits per heavy atom. The number of hydrogen-bond donors (Lipinski definition) is 1. The lowest BCUT2D eigenvalue weighted by Gasteiger charge is -2.32. The lowest BCUT2D eigenvalue weighted by Crippen LogP contribution is -2.56. The number of likely N-dealkylation sites (tertiary alicyclic amines) is 1. The fourth-order valence-electron chi connectivity index (χ4n) is 8.87. The molecule has 14 nitrogen and oxygen atoms in total. The van der Waals surface area contributed by atoms with E-state index in [2.05, 4.69) is 67.6 Å². The molecule has 0 radical (unpaired) electrons. The van der Waals surface area contributed by atoms with E-state index in [0.29, 0.717) is 39.0 Å². The zero-order valence-corrected chi connectivity index (χ0v) is 39.5. The summed E-state index contributed by atoms with van der Waals surface area (Å²) < 4.78 is 13.4. The van der Waals surface area contributed by atoms with Crippen molar-refractivity contribution in [3.63, 3.8) is 0 Å². The first-order valence-corrected chi connectivity index (χ1v) is 22.8. The van der Waals surface area contributed by atoms with E-state index in [-0.39, 0.29) is 42.3 Å². The minimum atomic E-state index is -0.911. The quantitative estimate of drug-likeness (QED) is 0.0754. The molecule has 0 bridgehead atoms. The van der Waals surface area contributed by atoms with E-state index < -0.39 is 18.0 Å². The third-order valence-electron chi connectivity index (χ3n) is 12.2. The van der Waals surface area contributed by atoms with Crippen LogP contribution in [0.15, 0.2) is 73.4 Å². The fourth-order valence-corrected chi connectivity index (χ4v) is 8.87. The number of aryl methyl sites for hydroxylation is 1. The normalized spacial score (nSPS) is 15.4. The van der Waals surface area contributed by atoms with Crippen molar-refractivity contribution in [1.29, 1.82) is 0 Å². The van der Waals surface area contributed by atoms with Gasteiger partial charge in [0.1, 0.15) is 12.1 Å². The van der Waals surface area contributed by atoms with Crippen LogP contribution in [0.2, 0.25) is 0 Å². The summed E-state index contributed by atoms with van der Waals surface area (Å²) in [7, 11) is 3.25. The summed E-state index contributed by atoms with van der Waals surface area (Å²) in [6.07, 6.45) is 8.38.